The number of ether oxygens (including phenoxy) is 1. The highest BCUT2D eigenvalue weighted by Gasteiger charge is 2.22. The van der Waals surface area contributed by atoms with E-state index in [4.69, 9.17) is 4.74 Å². The van der Waals surface area contributed by atoms with Crippen LogP contribution in [0, 0.1) is 0 Å². The standard InChI is InChI=1S/C17H30N4O3S/c1-7-18-16(19-13-17(2,3)20-25(6,22)23)21(4)12-14-8-10-15(24-5)11-9-14/h8-11,20H,7,12-13H2,1-6H3,(H,18,19). The van der Waals surface area contributed by atoms with Gasteiger partial charge in [-0.05, 0) is 38.5 Å². The van der Waals surface area contributed by atoms with Crippen LogP contribution in [0.1, 0.15) is 26.3 Å². The molecule has 0 amide bonds. The first-order chi connectivity index (χ1) is 11.6. The highest BCUT2D eigenvalue weighted by Crippen LogP contribution is 2.13. The Morgan fingerprint density at radius 3 is 2.36 bits per heavy atom. The van der Waals surface area contributed by atoms with Crippen molar-refractivity contribution in [3.8, 4) is 5.75 Å². The minimum absolute atomic E-state index is 0.329. The van der Waals surface area contributed by atoms with Crippen LogP contribution in [0.25, 0.3) is 0 Å². The molecule has 0 saturated heterocycles. The van der Waals surface area contributed by atoms with Crippen molar-refractivity contribution in [3.63, 3.8) is 0 Å². The number of hydrogen-bond donors (Lipinski definition) is 2. The van der Waals surface area contributed by atoms with Gasteiger partial charge in [0.15, 0.2) is 5.96 Å². The second-order valence-corrected chi connectivity index (χ2v) is 8.38. The van der Waals surface area contributed by atoms with Crippen LogP contribution >= 0.6 is 0 Å². The molecule has 1 aromatic rings. The molecule has 0 unspecified atom stereocenters. The van der Waals surface area contributed by atoms with Gasteiger partial charge in [-0.15, -0.1) is 0 Å². The average Bonchev–Trinajstić information content (AvgIpc) is 2.49. The zero-order valence-electron chi connectivity index (χ0n) is 16.0. The lowest BCUT2D eigenvalue weighted by Gasteiger charge is -2.26. The van der Waals surface area contributed by atoms with Gasteiger partial charge in [0.05, 0.1) is 19.9 Å². The first-order valence-corrected chi connectivity index (χ1v) is 10.1. The summed E-state index contributed by atoms with van der Waals surface area (Å²) in [6.07, 6.45) is 1.15. The van der Waals surface area contributed by atoms with E-state index in [2.05, 4.69) is 15.0 Å². The summed E-state index contributed by atoms with van der Waals surface area (Å²) in [6, 6.07) is 7.86. The molecule has 142 valence electrons. The summed E-state index contributed by atoms with van der Waals surface area (Å²) in [4.78, 5) is 6.58. The number of nitrogens with zero attached hydrogens (tertiary/aromatic N) is 2. The van der Waals surface area contributed by atoms with Crippen molar-refractivity contribution in [2.45, 2.75) is 32.9 Å². The van der Waals surface area contributed by atoms with Crippen LogP contribution in [0.2, 0.25) is 0 Å². The summed E-state index contributed by atoms with van der Waals surface area (Å²) in [5.41, 5.74) is 0.470. The molecule has 0 radical (unpaired) electrons. The van der Waals surface area contributed by atoms with Gasteiger partial charge in [0.2, 0.25) is 10.0 Å². The van der Waals surface area contributed by atoms with Crippen LogP contribution < -0.4 is 14.8 Å². The van der Waals surface area contributed by atoms with Gasteiger partial charge in [0.25, 0.3) is 0 Å². The minimum Gasteiger partial charge on any atom is -0.497 e. The molecule has 7 nitrogen and oxygen atoms in total. The van der Waals surface area contributed by atoms with E-state index in [9.17, 15) is 8.42 Å². The smallest absolute Gasteiger partial charge is 0.209 e. The largest absolute Gasteiger partial charge is 0.497 e. The summed E-state index contributed by atoms with van der Waals surface area (Å²) in [5, 5.41) is 3.23. The Hall–Kier alpha value is -1.80. The molecule has 0 aromatic heterocycles. The van der Waals surface area contributed by atoms with Crippen molar-refractivity contribution in [1.82, 2.24) is 14.9 Å². The van der Waals surface area contributed by atoms with Gasteiger partial charge in [-0.1, -0.05) is 12.1 Å². The number of benzene rings is 1. The molecule has 1 rings (SSSR count). The molecule has 0 fully saturated rings. The van der Waals surface area contributed by atoms with Gasteiger partial charge in [0, 0.05) is 25.7 Å². The Morgan fingerprint density at radius 1 is 1.28 bits per heavy atom. The lowest BCUT2D eigenvalue weighted by atomic mass is 10.1. The number of sulfonamides is 1. The Balaban J connectivity index is 2.82. The predicted molar refractivity (Wildman–Crippen MR) is 102 cm³/mol. The highest BCUT2D eigenvalue weighted by molar-refractivity contribution is 7.88. The molecule has 0 aliphatic carbocycles. The summed E-state index contributed by atoms with van der Waals surface area (Å²) >= 11 is 0. The summed E-state index contributed by atoms with van der Waals surface area (Å²) in [7, 11) is 0.307. The zero-order valence-corrected chi connectivity index (χ0v) is 16.8. The number of nitrogens with one attached hydrogen (secondary N) is 2. The van der Waals surface area contributed by atoms with Crippen LogP contribution in [0.5, 0.6) is 5.75 Å². The van der Waals surface area contributed by atoms with Gasteiger partial charge in [-0.2, -0.15) is 0 Å². The van der Waals surface area contributed by atoms with Gasteiger partial charge in [0.1, 0.15) is 5.75 Å². The minimum atomic E-state index is -3.28. The predicted octanol–water partition coefficient (Wildman–Crippen LogP) is 1.42. The first kappa shape index (κ1) is 21.2. The molecule has 2 N–H and O–H groups in total. The number of aliphatic imine (C=N–C) groups is 1. The molecule has 1 aromatic carbocycles. The fourth-order valence-electron chi connectivity index (χ4n) is 2.36. The van der Waals surface area contributed by atoms with Crippen molar-refractivity contribution in [3.05, 3.63) is 29.8 Å². The molecule has 0 bridgehead atoms. The average molecular weight is 371 g/mol. The molecule has 0 atom stereocenters. The Labute approximate surface area is 151 Å². The Morgan fingerprint density at radius 2 is 1.88 bits per heavy atom. The van der Waals surface area contributed by atoms with Gasteiger partial charge < -0.3 is 15.0 Å². The molecule has 25 heavy (non-hydrogen) atoms. The van der Waals surface area contributed by atoms with Gasteiger partial charge in [-0.3, -0.25) is 4.99 Å². The van der Waals surface area contributed by atoms with Crippen LogP contribution in [-0.4, -0.2) is 58.3 Å². The summed E-state index contributed by atoms with van der Waals surface area (Å²) in [5.74, 6) is 1.54. The maximum atomic E-state index is 11.4. The molecule has 8 heteroatoms. The van der Waals surface area contributed by atoms with Crippen LogP contribution in [-0.2, 0) is 16.6 Å². The van der Waals surface area contributed by atoms with E-state index in [1.54, 1.807) is 7.11 Å². The topological polar surface area (TPSA) is 83.0 Å². The molecular weight excluding hydrogens is 340 g/mol. The van der Waals surface area contributed by atoms with E-state index in [-0.39, 0.29) is 0 Å². The van der Waals surface area contributed by atoms with Crippen LogP contribution in [0.3, 0.4) is 0 Å². The Bertz CT molecular complexity index is 670. The van der Waals surface area contributed by atoms with Crippen molar-refractivity contribution < 1.29 is 13.2 Å². The normalized spacial score (nSPS) is 12.8. The van der Waals surface area contributed by atoms with E-state index in [1.165, 1.54) is 0 Å². The second kappa shape index (κ2) is 9.05. The number of hydrogen-bond acceptors (Lipinski definition) is 4. The highest BCUT2D eigenvalue weighted by atomic mass is 32.2. The summed E-state index contributed by atoms with van der Waals surface area (Å²) < 4.78 is 30.7. The quantitative estimate of drug-likeness (QED) is 0.534. The van der Waals surface area contributed by atoms with Crippen molar-refractivity contribution in [2.24, 2.45) is 4.99 Å². The maximum absolute atomic E-state index is 11.4. The van der Waals surface area contributed by atoms with E-state index in [1.807, 2.05) is 57.0 Å². The molecule has 0 aliphatic heterocycles. The lowest BCUT2D eigenvalue weighted by Crippen LogP contribution is -2.46. The third kappa shape index (κ3) is 8.22. The first-order valence-electron chi connectivity index (χ1n) is 8.17. The second-order valence-electron chi connectivity index (χ2n) is 6.63. The van der Waals surface area contributed by atoms with E-state index < -0.39 is 15.6 Å². The zero-order chi connectivity index (χ0) is 19.1. The van der Waals surface area contributed by atoms with Crippen molar-refractivity contribution in [1.29, 1.82) is 0 Å². The van der Waals surface area contributed by atoms with Crippen molar-refractivity contribution >= 4 is 16.0 Å². The SMILES string of the molecule is CCNC(=NCC(C)(C)NS(C)(=O)=O)N(C)Cc1ccc(OC)cc1. The fourth-order valence-corrected chi connectivity index (χ4v) is 3.42. The summed E-state index contributed by atoms with van der Waals surface area (Å²) in [6.45, 7) is 7.35. The number of guanidine groups is 1. The molecular formula is C17H30N4O3S. The van der Waals surface area contributed by atoms with Crippen LogP contribution in [0.15, 0.2) is 29.3 Å². The molecule has 0 heterocycles. The van der Waals surface area contributed by atoms with E-state index in [0.717, 1.165) is 30.1 Å². The van der Waals surface area contributed by atoms with E-state index in [0.29, 0.717) is 13.1 Å². The fraction of sp³-hybridized carbons (Fsp3) is 0.588. The Kier molecular flexibility index (Phi) is 7.69. The van der Waals surface area contributed by atoms with E-state index >= 15 is 0 Å². The third-order valence-corrected chi connectivity index (χ3v) is 4.28. The monoisotopic (exact) mass is 370 g/mol. The number of methoxy groups -OCH3 is 1. The third-order valence-electron chi connectivity index (χ3n) is 3.36. The van der Waals surface area contributed by atoms with Gasteiger partial charge in [-0.25, -0.2) is 13.1 Å². The molecule has 0 saturated carbocycles. The maximum Gasteiger partial charge on any atom is 0.209 e. The van der Waals surface area contributed by atoms with Crippen LogP contribution in [0.4, 0.5) is 0 Å². The molecule has 0 aliphatic rings. The lowest BCUT2D eigenvalue weighted by molar-refractivity contribution is 0.414. The van der Waals surface area contributed by atoms with Crippen molar-refractivity contribution in [2.75, 3.05) is 33.5 Å². The van der Waals surface area contributed by atoms with Gasteiger partial charge >= 0.3 is 0 Å². The molecule has 0 spiro atoms. The number of rotatable bonds is 8.